The smallest absolute Gasteiger partial charge is 0.491 e. The summed E-state index contributed by atoms with van der Waals surface area (Å²) in [4.78, 5) is 51.2. The molecule has 3 aliphatic heterocycles. The lowest BCUT2D eigenvalue weighted by Crippen LogP contribution is -2.74. The fraction of sp³-hybridized carbons (Fsp3) is 0.706. The Morgan fingerprint density at radius 3 is 1.83 bits per heavy atom. The molecular formula is C34H47F9N8O9. The Kier molecular flexibility index (Phi) is 15.1. The summed E-state index contributed by atoms with van der Waals surface area (Å²) in [6, 6.07) is 6.88. The van der Waals surface area contributed by atoms with Gasteiger partial charge in [0.05, 0.1) is 14.2 Å². The highest BCUT2D eigenvalue weighted by Crippen LogP contribution is 2.50. The van der Waals surface area contributed by atoms with Crippen LogP contribution in [0.4, 0.5) is 44.3 Å². The summed E-state index contributed by atoms with van der Waals surface area (Å²) in [6.45, 7) is 3.42. The number of benzene rings is 1. The summed E-state index contributed by atoms with van der Waals surface area (Å²) < 4.78 is 135. The van der Waals surface area contributed by atoms with Crippen LogP contribution >= 0.6 is 0 Å². The van der Waals surface area contributed by atoms with E-state index in [0.29, 0.717) is 10.9 Å². The van der Waals surface area contributed by atoms with Crippen molar-refractivity contribution in [2.75, 3.05) is 81.2 Å². The average molecular weight is 883 g/mol. The predicted octanol–water partition coefficient (Wildman–Crippen LogP) is 2.06. The van der Waals surface area contributed by atoms with Crippen LogP contribution in [0, 0.1) is 0 Å². The summed E-state index contributed by atoms with van der Waals surface area (Å²) in [5.41, 5.74) is 4.46. The minimum Gasteiger partial charge on any atom is -0.493 e. The number of amides is 2. The molecule has 2 amide bonds. The van der Waals surface area contributed by atoms with Crippen LogP contribution in [0.25, 0.3) is 0 Å². The van der Waals surface area contributed by atoms with Gasteiger partial charge in [-0.25, -0.2) is 24.2 Å². The molecule has 3 heterocycles. The zero-order valence-electron chi connectivity index (χ0n) is 33.1. The van der Waals surface area contributed by atoms with Gasteiger partial charge in [0.15, 0.2) is 11.5 Å². The number of esters is 3. The number of ether oxygens (including phenoxy) is 5. The molecule has 3 saturated heterocycles. The number of fused-ring (bicyclic) bond motifs is 1. The van der Waals surface area contributed by atoms with Gasteiger partial charge in [-0.3, -0.25) is 16.2 Å². The van der Waals surface area contributed by atoms with Crippen LogP contribution in [0.5, 0.6) is 11.5 Å². The summed E-state index contributed by atoms with van der Waals surface area (Å²) in [5.74, 6) is -7.04. The van der Waals surface area contributed by atoms with Gasteiger partial charge in [-0.2, -0.15) is 44.5 Å². The van der Waals surface area contributed by atoms with E-state index >= 15 is 0 Å². The van der Waals surface area contributed by atoms with Gasteiger partial charge >= 0.3 is 48.4 Å². The summed E-state index contributed by atoms with van der Waals surface area (Å²) in [7, 11) is 8.43. The van der Waals surface area contributed by atoms with Crippen molar-refractivity contribution in [1.29, 1.82) is 0 Å². The van der Waals surface area contributed by atoms with Crippen LogP contribution in [0.2, 0.25) is 0 Å². The number of methoxy groups -OCH3 is 2. The van der Waals surface area contributed by atoms with E-state index < -0.39 is 61.7 Å². The van der Waals surface area contributed by atoms with Crippen LogP contribution in [0.15, 0.2) is 18.2 Å². The number of urea groups is 1. The van der Waals surface area contributed by atoms with Crippen molar-refractivity contribution in [3.05, 3.63) is 23.8 Å². The molecule has 4 atom stereocenters. The average Bonchev–Trinajstić information content (AvgIpc) is 3.50. The third-order valence-electron chi connectivity index (χ3n) is 10.8. The molecule has 1 aliphatic carbocycles. The Morgan fingerprint density at radius 2 is 1.30 bits per heavy atom. The molecule has 0 spiro atoms. The number of rotatable bonds is 8. The van der Waals surface area contributed by atoms with Gasteiger partial charge in [0, 0.05) is 56.8 Å². The highest BCUT2D eigenvalue weighted by molar-refractivity contribution is 5.79. The van der Waals surface area contributed by atoms with E-state index in [1.807, 2.05) is 11.1 Å². The molecule has 1 aromatic rings. The number of nitrogens with two attached hydrogens (primary N) is 1. The van der Waals surface area contributed by atoms with E-state index in [1.54, 1.807) is 14.2 Å². The molecule has 17 nitrogen and oxygen atoms in total. The highest BCUT2D eigenvalue weighted by atomic mass is 19.4. The van der Waals surface area contributed by atoms with Gasteiger partial charge in [-0.05, 0) is 71.1 Å². The standard InChI is InChI=1S/C23H37N5O3.C11H10F9N3O6/c1-26-11-13-28(14-12-26)25-22(29)24-18-7-8-23(9-10-27(2)21(23)16-18)17-5-6-19(30-3)20(15-17)31-4;1-22-2-3-23(21)11(28-6(25)9(15,16)17,29-7(26)10(18,19)20)4(22)27-5(24)8(12,13)14/h5-6,15,18,21H,7-14,16H2,1-4H3,(H2,24,25,29);4H,2-3,21H2,1H3/t18-,21+,23+;/m1./s1. The van der Waals surface area contributed by atoms with E-state index in [1.165, 1.54) is 5.56 Å². The second kappa shape index (κ2) is 18.7. The third kappa shape index (κ3) is 11.1. The van der Waals surface area contributed by atoms with Crippen LogP contribution in [0.3, 0.4) is 0 Å². The van der Waals surface area contributed by atoms with E-state index in [9.17, 15) is 58.7 Å². The summed E-state index contributed by atoms with van der Waals surface area (Å²) in [6.07, 6.45) is -16.4. The lowest BCUT2D eigenvalue weighted by atomic mass is 9.65. The Morgan fingerprint density at radius 1 is 0.733 bits per heavy atom. The molecular weight excluding hydrogens is 835 g/mol. The minimum absolute atomic E-state index is 0.0752. The zero-order valence-corrected chi connectivity index (χ0v) is 33.1. The lowest BCUT2D eigenvalue weighted by molar-refractivity contribution is -0.379. The van der Waals surface area contributed by atoms with Gasteiger partial charge in [0.1, 0.15) is 0 Å². The third-order valence-corrected chi connectivity index (χ3v) is 10.8. The first-order chi connectivity index (χ1) is 27.8. The monoisotopic (exact) mass is 882 g/mol. The molecule has 0 radical (unpaired) electrons. The number of piperazine rings is 2. The molecule has 0 bridgehead atoms. The van der Waals surface area contributed by atoms with Crippen molar-refractivity contribution in [2.45, 2.75) is 73.8 Å². The van der Waals surface area contributed by atoms with E-state index in [-0.39, 0.29) is 22.5 Å². The van der Waals surface area contributed by atoms with Gasteiger partial charge in [-0.1, -0.05) is 6.07 Å². The maximum Gasteiger partial charge on any atom is 0.491 e. The molecule has 1 saturated carbocycles. The lowest BCUT2D eigenvalue weighted by Gasteiger charge is -2.48. The Hall–Kier alpha value is -4.37. The number of likely N-dealkylation sites (tertiary alicyclic amines) is 1. The number of alkyl halides is 9. The van der Waals surface area contributed by atoms with Crippen LogP contribution in [0.1, 0.15) is 31.2 Å². The molecule has 60 heavy (non-hydrogen) atoms. The molecule has 5 rings (SSSR count). The predicted molar refractivity (Wildman–Crippen MR) is 187 cm³/mol. The van der Waals surface area contributed by atoms with E-state index in [2.05, 4.69) is 61.0 Å². The first-order valence-electron chi connectivity index (χ1n) is 18.3. The number of halogens is 9. The zero-order chi connectivity index (χ0) is 45.0. The van der Waals surface area contributed by atoms with Gasteiger partial charge in [-0.15, -0.1) is 0 Å². The Bertz CT molecular complexity index is 1670. The van der Waals surface area contributed by atoms with Gasteiger partial charge in [0.2, 0.25) is 0 Å². The number of hydrogen-bond donors (Lipinski definition) is 3. The molecule has 340 valence electrons. The SMILES string of the molecule is CN1CCN(N)C(OC(=O)C(F)(F)F)(OC(=O)C(F)(F)F)C1OC(=O)C(F)(F)F.COc1ccc([C@@]23CC[C@@H](NC(=O)NN4CCN(C)CC4)C[C@@H]2N(C)CC3)cc1OC. The van der Waals surface area contributed by atoms with Gasteiger partial charge in [0.25, 0.3) is 6.23 Å². The Labute approximate surface area is 338 Å². The minimum atomic E-state index is -5.91. The van der Waals surface area contributed by atoms with Crippen molar-refractivity contribution in [1.82, 2.24) is 35.5 Å². The first kappa shape index (κ1) is 48.3. The fourth-order valence-corrected chi connectivity index (χ4v) is 7.59. The quantitative estimate of drug-likeness (QED) is 0.149. The molecule has 1 unspecified atom stereocenters. The van der Waals surface area contributed by atoms with Crippen molar-refractivity contribution in [3.8, 4) is 11.5 Å². The topological polar surface area (TPSA) is 181 Å². The molecule has 1 aromatic carbocycles. The van der Waals surface area contributed by atoms with Crippen molar-refractivity contribution < 1.29 is 82.4 Å². The number of hydrazine groups is 2. The number of hydrogen-bond acceptors (Lipinski definition) is 15. The molecule has 4 aliphatic rings. The molecule has 26 heteroatoms. The number of carbonyl (C=O) groups is 4. The summed E-state index contributed by atoms with van der Waals surface area (Å²) in [5, 5.41) is 5.01. The van der Waals surface area contributed by atoms with E-state index in [4.69, 9.17) is 15.3 Å². The van der Waals surface area contributed by atoms with E-state index in [0.717, 1.165) is 77.0 Å². The second-order valence-electron chi connectivity index (χ2n) is 14.7. The van der Waals surface area contributed by atoms with Crippen molar-refractivity contribution in [3.63, 3.8) is 0 Å². The second-order valence-corrected chi connectivity index (χ2v) is 14.7. The maximum atomic E-state index is 12.6. The number of likely N-dealkylation sites (N-methyl/N-ethyl adjacent to an activating group) is 3. The first-order valence-corrected chi connectivity index (χ1v) is 18.3. The highest BCUT2D eigenvalue weighted by Gasteiger charge is 2.64. The van der Waals surface area contributed by atoms with Crippen LogP contribution in [-0.4, -0.2) is 173 Å². The number of nitrogens with zero attached hydrogens (tertiary/aromatic N) is 5. The van der Waals surface area contributed by atoms with Gasteiger partial charge < -0.3 is 38.8 Å². The molecule has 4 fully saturated rings. The fourth-order valence-electron chi connectivity index (χ4n) is 7.59. The molecule has 4 N–H and O–H groups in total. The van der Waals surface area contributed by atoms with Crippen LogP contribution in [-0.2, 0) is 34.0 Å². The van der Waals surface area contributed by atoms with Crippen LogP contribution < -0.4 is 26.1 Å². The largest absolute Gasteiger partial charge is 0.493 e. The van der Waals surface area contributed by atoms with Crippen molar-refractivity contribution >= 4 is 23.9 Å². The number of nitrogens with one attached hydrogen (secondary N) is 2. The number of carbonyl (C=O) groups excluding carboxylic acids is 4. The summed E-state index contributed by atoms with van der Waals surface area (Å²) >= 11 is 0. The maximum absolute atomic E-state index is 12.6. The Balaban J connectivity index is 0.000000266. The normalized spacial score (nSPS) is 25.8. The molecule has 0 aromatic heterocycles. The van der Waals surface area contributed by atoms with Crippen molar-refractivity contribution in [2.24, 2.45) is 5.84 Å².